The van der Waals surface area contributed by atoms with Gasteiger partial charge in [0.25, 0.3) is 0 Å². The summed E-state index contributed by atoms with van der Waals surface area (Å²) in [6, 6.07) is 6.90. The molecule has 0 aliphatic carbocycles. The molecule has 0 spiro atoms. The maximum absolute atomic E-state index is 11.9. The first kappa shape index (κ1) is 14.4. The zero-order valence-electron chi connectivity index (χ0n) is 8.76. The molecule has 1 aromatic carbocycles. The Morgan fingerprint density at radius 3 is 2.53 bits per heavy atom. The number of Topliss-reactive ketones (excluding diaryl/α,β-unsaturated/α-hetero) is 1. The molecule has 1 aromatic rings. The molecular weight excluding hydrogens is 273 g/mol. The minimum absolute atomic E-state index is 0.0137. The summed E-state index contributed by atoms with van der Waals surface area (Å²) in [4.78, 5) is 11.9. The van der Waals surface area contributed by atoms with Crippen LogP contribution in [0.3, 0.4) is 0 Å². The maximum Gasteiger partial charge on any atom is 0.389 e. The highest BCUT2D eigenvalue weighted by Gasteiger charge is 2.27. The van der Waals surface area contributed by atoms with Crippen molar-refractivity contribution in [2.45, 2.75) is 23.9 Å². The smallest absolute Gasteiger partial charge is 0.299 e. The quantitative estimate of drug-likeness (QED) is 0.747. The predicted molar refractivity (Wildman–Crippen MR) is 62.5 cm³/mol. The van der Waals surface area contributed by atoms with Crippen LogP contribution < -0.4 is 0 Å². The van der Waals surface area contributed by atoms with E-state index < -0.39 is 24.8 Å². The molecule has 0 saturated heterocycles. The van der Waals surface area contributed by atoms with Gasteiger partial charge in [0.1, 0.15) is 5.78 Å². The van der Waals surface area contributed by atoms with Gasteiger partial charge in [-0.1, -0.05) is 23.7 Å². The van der Waals surface area contributed by atoms with Gasteiger partial charge < -0.3 is 0 Å². The molecule has 0 aliphatic rings. The zero-order chi connectivity index (χ0) is 12.9. The fourth-order valence-corrected chi connectivity index (χ4v) is 2.21. The molecule has 0 amide bonds. The molecule has 17 heavy (non-hydrogen) atoms. The van der Waals surface area contributed by atoms with Crippen LogP contribution in [0.25, 0.3) is 0 Å². The number of hydrogen-bond donors (Lipinski definition) is 0. The number of benzene rings is 1. The standard InChI is InChI=1S/C11H10ClF3OS/c12-9-3-1-2-4-10(9)17-7-8(16)5-6-11(13,14)15/h1-4H,5-7H2. The van der Waals surface area contributed by atoms with Gasteiger partial charge in [0.2, 0.25) is 0 Å². The average molecular weight is 283 g/mol. The van der Waals surface area contributed by atoms with Crippen LogP contribution in [0.15, 0.2) is 29.2 Å². The molecule has 0 fully saturated rings. The molecule has 0 saturated carbocycles. The lowest BCUT2D eigenvalue weighted by Gasteiger charge is -2.05. The van der Waals surface area contributed by atoms with Gasteiger partial charge in [0.15, 0.2) is 0 Å². The number of carbonyl (C=O) groups excluding carboxylic acids is 1. The summed E-state index contributed by atoms with van der Waals surface area (Å²) < 4.78 is 35.6. The molecule has 94 valence electrons. The first-order chi connectivity index (χ1) is 7.88. The number of thioether (sulfide) groups is 1. The predicted octanol–water partition coefficient (Wildman–Crippen LogP) is 4.34. The van der Waals surface area contributed by atoms with Gasteiger partial charge in [-0.25, -0.2) is 0 Å². The zero-order valence-corrected chi connectivity index (χ0v) is 10.3. The Labute approximate surface area is 106 Å². The molecule has 0 atom stereocenters. The van der Waals surface area contributed by atoms with Crippen molar-refractivity contribution in [1.29, 1.82) is 0 Å². The van der Waals surface area contributed by atoms with Crippen LogP contribution in [-0.4, -0.2) is 17.7 Å². The van der Waals surface area contributed by atoms with E-state index in [4.69, 9.17) is 11.6 Å². The molecule has 1 nitrogen and oxygen atoms in total. The van der Waals surface area contributed by atoms with Crippen LogP contribution >= 0.6 is 23.4 Å². The van der Waals surface area contributed by atoms with E-state index in [0.29, 0.717) is 9.92 Å². The van der Waals surface area contributed by atoms with Crippen molar-refractivity contribution in [3.05, 3.63) is 29.3 Å². The van der Waals surface area contributed by atoms with Crippen molar-refractivity contribution in [2.24, 2.45) is 0 Å². The van der Waals surface area contributed by atoms with Crippen molar-refractivity contribution < 1.29 is 18.0 Å². The van der Waals surface area contributed by atoms with E-state index in [0.717, 1.165) is 11.8 Å². The molecule has 0 bridgehead atoms. The second kappa shape index (κ2) is 6.31. The van der Waals surface area contributed by atoms with Crippen molar-refractivity contribution >= 4 is 29.1 Å². The van der Waals surface area contributed by atoms with Crippen LogP contribution in [-0.2, 0) is 4.79 Å². The van der Waals surface area contributed by atoms with E-state index in [1.807, 2.05) is 0 Å². The van der Waals surface area contributed by atoms with Crippen LogP contribution in [0.1, 0.15) is 12.8 Å². The van der Waals surface area contributed by atoms with E-state index in [9.17, 15) is 18.0 Å². The SMILES string of the molecule is O=C(CCC(F)(F)F)CSc1ccccc1Cl. The normalized spacial score (nSPS) is 11.5. The van der Waals surface area contributed by atoms with E-state index in [1.165, 1.54) is 0 Å². The Hall–Kier alpha value is -0.680. The number of rotatable bonds is 5. The highest BCUT2D eigenvalue weighted by Crippen LogP contribution is 2.27. The van der Waals surface area contributed by atoms with Gasteiger partial charge in [0.05, 0.1) is 17.2 Å². The van der Waals surface area contributed by atoms with Crippen LogP contribution in [0.2, 0.25) is 5.02 Å². The summed E-state index contributed by atoms with van der Waals surface area (Å²) in [7, 11) is 0. The Balaban J connectivity index is 2.36. The summed E-state index contributed by atoms with van der Waals surface area (Å²) in [5, 5.41) is 0.501. The second-order valence-corrected chi connectivity index (χ2v) is 4.80. The molecule has 0 radical (unpaired) electrons. The molecule has 0 aromatic heterocycles. The van der Waals surface area contributed by atoms with E-state index in [1.54, 1.807) is 24.3 Å². The molecular formula is C11H10ClF3OS. The lowest BCUT2D eigenvalue weighted by molar-refractivity contribution is -0.142. The molecule has 0 aliphatic heterocycles. The molecule has 0 unspecified atom stereocenters. The van der Waals surface area contributed by atoms with Crippen molar-refractivity contribution in [1.82, 2.24) is 0 Å². The number of halogens is 4. The maximum atomic E-state index is 11.9. The lowest BCUT2D eigenvalue weighted by Crippen LogP contribution is -2.11. The van der Waals surface area contributed by atoms with E-state index >= 15 is 0 Å². The van der Waals surface area contributed by atoms with Crippen LogP contribution in [0.5, 0.6) is 0 Å². The van der Waals surface area contributed by atoms with Crippen molar-refractivity contribution in [2.75, 3.05) is 5.75 Å². The van der Waals surface area contributed by atoms with Gasteiger partial charge in [0, 0.05) is 11.3 Å². The summed E-state index contributed by atoms with van der Waals surface area (Å²) >= 11 is 7.00. The topological polar surface area (TPSA) is 17.1 Å². The summed E-state index contributed by atoms with van der Waals surface area (Å²) in [5.41, 5.74) is 0. The molecule has 0 heterocycles. The van der Waals surface area contributed by atoms with E-state index in [2.05, 4.69) is 0 Å². The Morgan fingerprint density at radius 1 is 1.29 bits per heavy atom. The fourth-order valence-electron chi connectivity index (χ4n) is 1.07. The highest BCUT2D eigenvalue weighted by molar-refractivity contribution is 8.00. The highest BCUT2D eigenvalue weighted by atomic mass is 35.5. The fraction of sp³-hybridized carbons (Fsp3) is 0.364. The average Bonchev–Trinajstić information content (AvgIpc) is 2.24. The monoisotopic (exact) mass is 282 g/mol. The van der Waals surface area contributed by atoms with Gasteiger partial charge in [-0.2, -0.15) is 13.2 Å². The third kappa shape index (κ3) is 5.98. The first-order valence-electron chi connectivity index (χ1n) is 4.84. The van der Waals surface area contributed by atoms with Gasteiger partial charge in [-0.05, 0) is 12.1 Å². The molecule has 1 rings (SSSR count). The molecule has 0 N–H and O–H groups in total. The molecule has 6 heteroatoms. The first-order valence-corrected chi connectivity index (χ1v) is 6.20. The van der Waals surface area contributed by atoms with Crippen LogP contribution in [0, 0.1) is 0 Å². The van der Waals surface area contributed by atoms with Crippen molar-refractivity contribution in [3.8, 4) is 0 Å². The van der Waals surface area contributed by atoms with Gasteiger partial charge in [-0.15, -0.1) is 11.8 Å². The summed E-state index contributed by atoms with van der Waals surface area (Å²) in [6.07, 6.45) is -5.80. The number of alkyl halides is 3. The van der Waals surface area contributed by atoms with Gasteiger partial charge in [-0.3, -0.25) is 4.79 Å². The lowest BCUT2D eigenvalue weighted by atomic mass is 10.2. The minimum atomic E-state index is -4.27. The van der Waals surface area contributed by atoms with Crippen LogP contribution in [0.4, 0.5) is 13.2 Å². The number of ketones is 1. The second-order valence-electron chi connectivity index (χ2n) is 3.37. The van der Waals surface area contributed by atoms with E-state index in [-0.39, 0.29) is 5.75 Å². The summed E-state index contributed by atoms with van der Waals surface area (Å²) in [5.74, 6) is -0.410. The number of hydrogen-bond acceptors (Lipinski definition) is 2. The Morgan fingerprint density at radius 2 is 1.94 bits per heavy atom. The summed E-state index contributed by atoms with van der Waals surface area (Å²) in [6.45, 7) is 0. The van der Waals surface area contributed by atoms with Gasteiger partial charge >= 0.3 is 6.18 Å². The third-order valence-corrected chi connectivity index (χ3v) is 3.49. The largest absolute Gasteiger partial charge is 0.389 e. The Bertz CT molecular complexity index is 393. The van der Waals surface area contributed by atoms with Crippen molar-refractivity contribution in [3.63, 3.8) is 0 Å². The minimum Gasteiger partial charge on any atom is -0.299 e. The third-order valence-electron chi connectivity index (χ3n) is 1.91. The number of carbonyl (C=O) groups is 1. The Kier molecular flexibility index (Phi) is 5.33.